The van der Waals surface area contributed by atoms with E-state index in [-0.39, 0.29) is 5.57 Å². The maximum absolute atomic E-state index is 12.2. The third-order valence-electron chi connectivity index (χ3n) is 2.87. The number of amides is 1. The van der Waals surface area contributed by atoms with Crippen LogP contribution in [0.3, 0.4) is 0 Å². The summed E-state index contributed by atoms with van der Waals surface area (Å²) in [5.41, 5.74) is 1.58. The molecule has 0 atom stereocenters. The lowest BCUT2D eigenvalue weighted by Crippen LogP contribution is -2.13. The van der Waals surface area contributed by atoms with Gasteiger partial charge in [0.1, 0.15) is 11.6 Å². The standard InChI is InChI=1S/C17H13IN2OS/c1-22-16-7-5-12(6-8-16)9-13(11-19)17(21)20-15-4-2-3-14(18)10-15/h2-10H,1H3,(H,20,21)/b13-9+. The number of halogens is 1. The van der Waals surface area contributed by atoms with Crippen LogP contribution in [0.1, 0.15) is 5.56 Å². The van der Waals surface area contributed by atoms with E-state index >= 15 is 0 Å². The summed E-state index contributed by atoms with van der Waals surface area (Å²) >= 11 is 3.82. The summed E-state index contributed by atoms with van der Waals surface area (Å²) in [6.07, 6.45) is 3.59. The van der Waals surface area contributed by atoms with Crippen LogP contribution in [0.25, 0.3) is 6.08 Å². The van der Waals surface area contributed by atoms with Gasteiger partial charge in [-0.05, 0) is 70.8 Å². The van der Waals surface area contributed by atoms with E-state index in [0.717, 1.165) is 14.0 Å². The number of carbonyl (C=O) groups excluding carboxylic acids is 1. The predicted octanol–water partition coefficient (Wildman–Crippen LogP) is 4.56. The number of nitriles is 1. The number of anilines is 1. The third-order valence-corrected chi connectivity index (χ3v) is 4.29. The van der Waals surface area contributed by atoms with Crippen molar-refractivity contribution >= 4 is 52.0 Å². The van der Waals surface area contributed by atoms with E-state index in [4.69, 9.17) is 0 Å². The van der Waals surface area contributed by atoms with Crippen LogP contribution in [-0.2, 0) is 4.79 Å². The summed E-state index contributed by atoms with van der Waals surface area (Å²) in [6.45, 7) is 0. The number of hydrogen-bond donors (Lipinski definition) is 1. The number of thioether (sulfide) groups is 1. The van der Waals surface area contributed by atoms with Crippen molar-refractivity contribution in [3.05, 3.63) is 63.2 Å². The molecule has 2 aromatic rings. The van der Waals surface area contributed by atoms with Crippen LogP contribution in [0.2, 0.25) is 0 Å². The summed E-state index contributed by atoms with van der Waals surface area (Å²) in [4.78, 5) is 13.3. The van der Waals surface area contributed by atoms with Crippen molar-refractivity contribution in [3.63, 3.8) is 0 Å². The average molecular weight is 420 g/mol. The molecule has 0 saturated carbocycles. The molecule has 2 rings (SSSR count). The van der Waals surface area contributed by atoms with E-state index in [1.807, 2.05) is 54.8 Å². The minimum Gasteiger partial charge on any atom is -0.321 e. The van der Waals surface area contributed by atoms with E-state index in [1.165, 1.54) is 0 Å². The first kappa shape index (κ1) is 16.6. The fourth-order valence-electron chi connectivity index (χ4n) is 1.78. The van der Waals surface area contributed by atoms with E-state index in [0.29, 0.717) is 5.69 Å². The highest BCUT2D eigenvalue weighted by molar-refractivity contribution is 14.1. The Morgan fingerprint density at radius 3 is 2.59 bits per heavy atom. The highest BCUT2D eigenvalue weighted by Crippen LogP contribution is 2.17. The molecular weight excluding hydrogens is 407 g/mol. The van der Waals surface area contributed by atoms with Crippen LogP contribution in [0.4, 0.5) is 5.69 Å². The molecule has 0 spiro atoms. The number of hydrogen-bond acceptors (Lipinski definition) is 3. The first-order valence-electron chi connectivity index (χ1n) is 6.45. The van der Waals surface area contributed by atoms with Gasteiger partial charge in [-0.3, -0.25) is 4.79 Å². The van der Waals surface area contributed by atoms with Crippen molar-refractivity contribution in [3.8, 4) is 6.07 Å². The van der Waals surface area contributed by atoms with E-state index in [2.05, 4.69) is 27.9 Å². The summed E-state index contributed by atoms with van der Waals surface area (Å²) < 4.78 is 1.02. The topological polar surface area (TPSA) is 52.9 Å². The van der Waals surface area contributed by atoms with Gasteiger partial charge >= 0.3 is 0 Å². The second-order valence-corrected chi connectivity index (χ2v) is 6.53. The van der Waals surface area contributed by atoms with Crippen molar-refractivity contribution in [1.82, 2.24) is 0 Å². The molecule has 3 nitrogen and oxygen atoms in total. The number of nitrogens with zero attached hydrogens (tertiary/aromatic N) is 1. The van der Waals surface area contributed by atoms with E-state index < -0.39 is 5.91 Å². The lowest BCUT2D eigenvalue weighted by Gasteiger charge is -2.05. The predicted molar refractivity (Wildman–Crippen MR) is 99.6 cm³/mol. The molecule has 110 valence electrons. The Morgan fingerprint density at radius 1 is 1.27 bits per heavy atom. The molecule has 0 aromatic heterocycles. The van der Waals surface area contributed by atoms with Gasteiger partial charge in [0, 0.05) is 14.2 Å². The zero-order chi connectivity index (χ0) is 15.9. The minimum atomic E-state index is -0.404. The zero-order valence-electron chi connectivity index (χ0n) is 11.8. The van der Waals surface area contributed by atoms with Crippen LogP contribution in [-0.4, -0.2) is 12.2 Å². The maximum atomic E-state index is 12.2. The number of rotatable bonds is 4. The van der Waals surface area contributed by atoms with Crippen molar-refractivity contribution < 1.29 is 4.79 Å². The van der Waals surface area contributed by atoms with Gasteiger partial charge < -0.3 is 5.32 Å². The monoisotopic (exact) mass is 420 g/mol. The van der Waals surface area contributed by atoms with Gasteiger partial charge in [-0.15, -0.1) is 11.8 Å². The van der Waals surface area contributed by atoms with Crippen molar-refractivity contribution in [1.29, 1.82) is 5.26 Å². The van der Waals surface area contributed by atoms with E-state index in [9.17, 15) is 10.1 Å². The highest BCUT2D eigenvalue weighted by Gasteiger charge is 2.09. The highest BCUT2D eigenvalue weighted by atomic mass is 127. The van der Waals surface area contributed by atoms with Crippen LogP contribution < -0.4 is 5.32 Å². The summed E-state index contributed by atoms with van der Waals surface area (Å²) in [5, 5.41) is 11.9. The number of benzene rings is 2. The molecule has 0 saturated heterocycles. The molecule has 0 heterocycles. The summed E-state index contributed by atoms with van der Waals surface area (Å²) in [5.74, 6) is -0.404. The van der Waals surface area contributed by atoms with Gasteiger partial charge in [0.05, 0.1) is 0 Å². The van der Waals surface area contributed by atoms with Crippen LogP contribution in [0, 0.1) is 14.9 Å². The van der Waals surface area contributed by atoms with Crippen LogP contribution in [0.15, 0.2) is 59.0 Å². The summed E-state index contributed by atoms with van der Waals surface area (Å²) in [7, 11) is 0. The van der Waals surface area contributed by atoms with Gasteiger partial charge in [0.25, 0.3) is 5.91 Å². The van der Waals surface area contributed by atoms with Gasteiger partial charge in [-0.2, -0.15) is 5.26 Å². The Kier molecular flexibility index (Phi) is 6.04. The fraction of sp³-hybridized carbons (Fsp3) is 0.0588. The Labute approximate surface area is 147 Å². The number of carbonyl (C=O) groups is 1. The molecule has 1 N–H and O–H groups in total. The Balaban J connectivity index is 2.17. The smallest absolute Gasteiger partial charge is 0.266 e. The average Bonchev–Trinajstić information content (AvgIpc) is 2.53. The largest absolute Gasteiger partial charge is 0.321 e. The van der Waals surface area contributed by atoms with E-state index in [1.54, 1.807) is 23.9 Å². The molecule has 2 aromatic carbocycles. The molecule has 0 aliphatic carbocycles. The fourth-order valence-corrected chi connectivity index (χ4v) is 2.73. The molecule has 5 heteroatoms. The van der Waals surface area contributed by atoms with Crippen LogP contribution in [0.5, 0.6) is 0 Å². The SMILES string of the molecule is CSc1ccc(/C=C(\C#N)C(=O)Nc2cccc(I)c2)cc1. The van der Waals surface area contributed by atoms with Crippen molar-refractivity contribution in [2.45, 2.75) is 4.90 Å². The second-order valence-electron chi connectivity index (χ2n) is 4.41. The Hall–Kier alpha value is -1.78. The zero-order valence-corrected chi connectivity index (χ0v) is 14.8. The first-order chi connectivity index (χ1) is 10.6. The summed E-state index contributed by atoms with van der Waals surface area (Å²) in [6, 6.07) is 17.1. The second kappa shape index (κ2) is 8.01. The maximum Gasteiger partial charge on any atom is 0.266 e. The van der Waals surface area contributed by atoms with Crippen LogP contribution >= 0.6 is 34.4 Å². The molecular formula is C17H13IN2OS. The first-order valence-corrected chi connectivity index (χ1v) is 8.75. The minimum absolute atomic E-state index is 0.0794. The molecule has 0 aliphatic heterocycles. The Morgan fingerprint density at radius 2 is 2.00 bits per heavy atom. The molecule has 0 aliphatic rings. The van der Waals surface area contributed by atoms with Gasteiger partial charge in [-0.1, -0.05) is 18.2 Å². The Bertz CT molecular complexity index is 748. The van der Waals surface area contributed by atoms with Gasteiger partial charge in [0.15, 0.2) is 0 Å². The molecule has 0 radical (unpaired) electrons. The van der Waals surface area contributed by atoms with Crippen molar-refractivity contribution in [2.75, 3.05) is 11.6 Å². The molecule has 22 heavy (non-hydrogen) atoms. The van der Waals surface area contributed by atoms with Gasteiger partial charge in [0.2, 0.25) is 0 Å². The quantitative estimate of drug-likeness (QED) is 0.342. The normalized spacial score (nSPS) is 10.9. The molecule has 0 fully saturated rings. The van der Waals surface area contributed by atoms with Gasteiger partial charge in [-0.25, -0.2) is 0 Å². The number of nitrogens with one attached hydrogen (secondary N) is 1. The molecule has 0 unspecified atom stereocenters. The van der Waals surface area contributed by atoms with Crippen molar-refractivity contribution in [2.24, 2.45) is 0 Å². The lowest BCUT2D eigenvalue weighted by atomic mass is 10.1. The molecule has 1 amide bonds. The third kappa shape index (κ3) is 4.61. The molecule has 0 bridgehead atoms. The lowest BCUT2D eigenvalue weighted by molar-refractivity contribution is -0.112.